The lowest BCUT2D eigenvalue weighted by atomic mass is 9.81. The van der Waals surface area contributed by atoms with Crippen molar-refractivity contribution in [3.63, 3.8) is 0 Å². The summed E-state index contributed by atoms with van der Waals surface area (Å²) < 4.78 is 5.51. The molecule has 1 aliphatic rings. The van der Waals surface area contributed by atoms with Crippen molar-refractivity contribution in [1.29, 1.82) is 0 Å². The number of nitrogens with one attached hydrogen (secondary N) is 1. The maximum absolute atomic E-state index is 13.4. The van der Waals surface area contributed by atoms with E-state index in [2.05, 4.69) is 10.3 Å². The molecule has 0 radical (unpaired) electrons. The molecule has 1 fully saturated rings. The monoisotopic (exact) mass is 458 g/mol. The highest BCUT2D eigenvalue weighted by Gasteiger charge is 2.45. The van der Waals surface area contributed by atoms with Crippen LogP contribution >= 0.6 is 0 Å². The van der Waals surface area contributed by atoms with Crippen LogP contribution in [0.3, 0.4) is 0 Å². The molecular formula is C28H30N2O4. The number of pyridine rings is 1. The topological polar surface area (TPSA) is 88.5 Å². The minimum Gasteiger partial charge on any atom is -0.496 e. The van der Waals surface area contributed by atoms with Gasteiger partial charge in [0.05, 0.1) is 18.2 Å². The molecule has 0 spiro atoms. The van der Waals surface area contributed by atoms with E-state index in [0.29, 0.717) is 18.5 Å². The molecule has 176 valence electrons. The molecule has 2 N–H and O–H groups in total. The number of carboxylic acid groups (broad SMARTS) is 1. The van der Waals surface area contributed by atoms with Gasteiger partial charge in [0.1, 0.15) is 11.8 Å². The van der Waals surface area contributed by atoms with Gasteiger partial charge >= 0.3 is 5.97 Å². The van der Waals surface area contributed by atoms with Crippen LogP contribution in [0, 0.1) is 6.92 Å². The summed E-state index contributed by atoms with van der Waals surface area (Å²) in [7, 11) is 1.65. The van der Waals surface area contributed by atoms with Crippen molar-refractivity contribution in [1.82, 2.24) is 10.3 Å². The van der Waals surface area contributed by atoms with Crippen LogP contribution in [0.1, 0.15) is 42.5 Å². The number of rotatable bonds is 8. The van der Waals surface area contributed by atoms with Crippen molar-refractivity contribution < 1.29 is 19.4 Å². The average molecular weight is 459 g/mol. The fraction of sp³-hybridized carbons (Fsp3) is 0.321. The molecule has 6 nitrogen and oxygen atoms in total. The SMILES string of the molecule is COc1cccc(C)c1-c1ccc(C[C@H](NC(=O)C2(c3ccccn3)CCCC2)C(=O)O)cc1. The lowest BCUT2D eigenvalue weighted by Gasteiger charge is -2.29. The lowest BCUT2D eigenvalue weighted by Crippen LogP contribution is -2.50. The molecule has 1 heterocycles. The van der Waals surface area contributed by atoms with Gasteiger partial charge in [-0.05, 0) is 54.7 Å². The van der Waals surface area contributed by atoms with Crippen molar-refractivity contribution in [3.05, 3.63) is 83.7 Å². The number of hydrogen-bond donors (Lipinski definition) is 2. The second-order valence-electron chi connectivity index (χ2n) is 8.92. The molecule has 1 saturated carbocycles. The number of aromatic nitrogens is 1. The van der Waals surface area contributed by atoms with E-state index in [0.717, 1.165) is 40.8 Å². The summed E-state index contributed by atoms with van der Waals surface area (Å²) >= 11 is 0. The minimum atomic E-state index is -1.05. The maximum Gasteiger partial charge on any atom is 0.326 e. The third-order valence-corrected chi connectivity index (χ3v) is 6.79. The van der Waals surface area contributed by atoms with Crippen LogP contribution in [-0.4, -0.2) is 35.1 Å². The van der Waals surface area contributed by atoms with E-state index >= 15 is 0 Å². The molecule has 2 aromatic carbocycles. The molecule has 1 amide bonds. The number of ether oxygens (including phenoxy) is 1. The van der Waals surface area contributed by atoms with Crippen LogP contribution in [-0.2, 0) is 21.4 Å². The number of carbonyl (C=O) groups excluding carboxylic acids is 1. The summed E-state index contributed by atoms with van der Waals surface area (Å²) in [6.45, 7) is 2.03. The number of methoxy groups -OCH3 is 1. The molecule has 6 heteroatoms. The van der Waals surface area contributed by atoms with E-state index in [1.165, 1.54) is 0 Å². The Morgan fingerprint density at radius 3 is 2.41 bits per heavy atom. The Morgan fingerprint density at radius 1 is 1.06 bits per heavy atom. The van der Waals surface area contributed by atoms with Gasteiger partial charge in [-0.3, -0.25) is 9.78 Å². The molecule has 0 saturated heterocycles. The third-order valence-electron chi connectivity index (χ3n) is 6.79. The molecule has 34 heavy (non-hydrogen) atoms. The Morgan fingerprint density at radius 2 is 1.79 bits per heavy atom. The quantitative estimate of drug-likeness (QED) is 0.511. The first-order valence-corrected chi connectivity index (χ1v) is 11.6. The van der Waals surface area contributed by atoms with Crippen molar-refractivity contribution in [2.75, 3.05) is 7.11 Å². The van der Waals surface area contributed by atoms with Gasteiger partial charge in [-0.2, -0.15) is 0 Å². The molecule has 3 aromatic rings. The number of carbonyl (C=O) groups is 2. The molecular weight excluding hydrogens is 428 g/mol. The van der Waals surface area contributed by atoms with Gasteiger partial charge in [0.25, 0.3) is 0 Å². The number of nitrogens with zero attached hydrogens (tertiary/aromatic N) is 1. The smallest absolute Gasteiger partial charge is 0.326 e. The molecule has 1 aliphatic carbocycles. The van der Waals surface area contributed by atoms with E-state index in [1.54, 1.807) is 13.3 Å². The van der Waals surface area contributed by atoms with Crippen LogP contribution in [0.4, 0.5) is 0 Å². The number of aryl methyl sites for hydroxylation is 1. The van der Waals surface area contributed by atoms with Crippen LogP contribution in [0.25, 0.3) is 11.1 Å². The van der Waals surface area contributed by atoms with Gasteiger partial charge in [-0.25, -0.2) is 4.79 Å². The first kappa shape index (κ1) is 23.5. The standard InChI is InChI=1S/C28H30N2O4/c1-19-8-7-9-23(34-2)25(19)21-13-11-20(12-14-21)18-22(26(31)32)30-27(33)28(15-4-5-16-28)24-10-3-6-17-29-24/h3,6-14,17,22H,4-5,15-16,18H2,1-2H3,(H,30,33)(H,31,32)/t22-/m0/s1. The van der Waals surface area contributed by atoms with Gasteiger partial charge in [0.2, 0.25) is 5.91 Å². The molecule has 4 rings (SSSR count). The Balaban J connectivity index is 1.53. The number of benzene rings is 2. The predicted octanol–water partition coefficient (Wildman–Crippen LogP) is 4.69. The first-order chi connectivity index (χ1) is 16.4. The van der Waals surface area contributed by atoms with Gasteiger partial charge in [0.15, 0.2) is 0 Å². The van der Waals surface area contributed by atoms with Gasteiger partial charge < -0.3 is 15.2 Å². The number of carboxylic acids is 1. The van der Waals surface area contributed by atoms with Crippen molar-refractivity contribution in [3.8, 4) is 16.9 Å². The molecule has 0 bridgehead atoms. The van der Waals surface area contributed by atoms with Crippen LogP contribution < -0.4 is 10.1 Å². The van der Waals surface area contributed by atoms with E-state index < -0.39 is 17.4 Å². The molecule has 0 aliphatic heterocycles. The van der Waals surface area contributed by atoms with Crippen molar-refractivity contribution in [2.24, 2.45) is 0 Å². The highest BCUT2D eigenvalue weighted by atomic mass is 16.5. The predicted molar refractivity (Wildman–Crippen MR) is 131 cm³/mol. The van der Waals surface area contributed by atoms with Gasteiger partial charge in [-0.15, -0.1) is 0 Å². The Labute approximate surface area is 200 Å². The summed E-state index contributed by atoms with van der Waals surface area (Å²) in [5.41, 5.74) is 3.89. The number of amides is 1. The van der Waals surface area contributed by atoms with Crippen LogP contribution in [0.2, 0.25) is 0 Å². The zero-order valence-electron chi connectivity index (χ0n) is 19.6. The largest absolute Gasteiger partial charge is 0.496 e. The van der Waals surface area contributed by atoms with E-state index in [1.807, 2.05) is 67.6 Å². The normalized spacial score (nSPS) is 15.5. The Hall–Kier alpha value is -3.67. The summed E-state index contributed by atoms with van der Waals surface area (Å²) in [6.07, 6.45) is 5.08. The van der Waals surface area contributed by atoms with E-state index in [-0.39, 0.29) is 12.3 Å². The van der Waals surface area contributed by atoms with Gasteiger partial charge in [-0.1, -0.05) is 55.3 Å². The molecule has 1 aromatic heterocycles. The second-order valence-corrected chi connectivity index (χ2v) is 8.92. The van der Waals surface area contributed by atoms with Gasteiger partial charge in [0, 0.05) is 18.2 Å². The van der Waals surface area contributed by atoms with Crippen LogP contribution in [0.5, 0.6) is 5.75 Å². The van der Waals surface area contributed by atoms with Crippen LogP contribution in [0.15, 0.2) is 66.9 Å². The molecule has 0 unspecified atom stereocenters. The Bertz CT molecular complexity index is 1150. The summed E-state index contributed by atoms with van der Waals surface area (Å²) in [6, 6.07) is 18.2. The number of aliphatic carboxylic acids is 1. The summed E-state index contributed by atoms with van der Waals surface area (Å²) in [5.74, 6) is -0.510. The third kappa shape index (κ3) is 4.67. The zero-order chi connectivity index (χ0) is 24.1. The van der Waals surface area contributed by atoms with E-state index in [4.69, 9.17) is 4.74 Å². The molecule has 1 atom stereocenters. The fourth-order valence-electron chi connectivity index (χ4n) is 4.94. The second kappa shape index (κ2) is 10.1. The highest BCUT2D eigenvalue weighted by molar-refractivity contribution is 5.91. The lowest BCUT2D eigenvalue weighted by molar-refractivity contribution is -0.142. The average Bonchev–Trinajstić information content (AvgIpc) is 3.36. The maximum atomic E-state index is 13.4. The van der Waals surface area contributed by atoms with E-state index in [9.17, 15) is 14.7 Å². The summed E-state index contributed by atoms with van der Waals surface area (Å²) in [4.78, 5) is 29.9. The Kier molecular flexibility index (Phi) is 6.96. The summed E-state index contributed by atoms with van der Waals surface area (Å²) in [5, 5.41) is 12.7. The first-order valence-electron chi connectivity index (χ1n) is 11.6. The van der Waals surface area contributed by atoms with Crippen molar-refractivity contribution >= 4 is 11.9 Å². The zero-order valence-corrected chi connectivity index (χ0v) is 19.6. The minimum absolute atomic E-state index is 0.199. The van der Waals surface area contributed by atoms with Crippen molar-refractivity contribution in [2.45, 2.75) is 50.5 Å². The number of hydrogen-bond acceptors (Lipinski definition) is 4. The fourth-order valence-corrected chi connectivity index (χ4v) is 4.94. The highest BCUT2D eigenvalue weighted by Crippen LogP contribution is 2.40.